The van der Waals surface area contributed by atoms with Crippen molar-refractivity contribution in [2.24, 2.45) is 5.92 Å². The second kappa shape index (κ2) is 6.92. The van der Waals surface area contributed by atoms with Crippen LogP contribution in [0.1, 0.15) is 18.4 Å². The van der Waals surface area contributed by atoms with Gasteiger partial charge in [0.25, 0.3) is 0 Å². The minimum Gasteiger partial charge on any atom is -0.464 e. The number of furan rings is 1. The van der Waals surface area contributed by atoms with Gasteiger partial charge in [0.2, 0.25) is 0 Å². The van der Waals surface area contributed by atoms with Gasteiger partial charge < -0.3 is 14.6 Å². The van der Waals surface area contributed by atoms with Crippen molar-refractivity contribution in [3.05, 3.63) is 48.2 Å². The molecule has 0 aliphatic carbocycles. The lowest BCUT2D eigenvalue weighted by molar-refractivity contribution is 0.237. The molecule has 21 heavy (non-hydrogen) atoms. The summed E-state index contributed by atoms with van der Waals surface area (Å²) < 4.78 is 5.42. The summed E-state index contributed by atoms with van der Waals surface area (Å²) in [4.78, 5) is 2.43. The van der Waals surface area contributed by atoms with Gasteiger partial charge in [-0.25, -0.2) is 0 Å². The zero-order valence-corrected chi connectivity index (χ0v) is 12.7. The van der Waals surface area contributed by atoms with Gasteiger partial charge >= 0.3 is 0 Å². The number of hydrogen-bond acceptors (Lipinski definition) is 3. The third-order valence-corrected chi connectivity index (χ3v) is 4.18. The van der Waals surface area contributed by atoms with E-state index in [2.05, 4.69) is 41.5 Å². The van der Waals surface area contributed by atoms with Crippen LogP contribution < -0.4 is 5.32 Å². The molecule has 1 aromatic heterocycles. The molecular weight excluding hydrogens is 260 g/mol. The van der Waals surface area contributed by atoms with Gasteiger partial charge in [-0.05, 0) is 56.6 Å². The average molecular weight is 284 g/mol. The smallest absolute Gasteiger partial charge is 0.133 e. The van der Waals surface area contributed by atoms with Gasteiger partial charge in [-0.2, -0.15) is 0 Å². The lowest BCUT2D eigenvalue weighted by atomic mass is 9.99. The van der Waals surface area contributed by atoms with E-state index in [0.29, 0.717) is 0 Å². The van der Waals surface area contributed by atoms with E-state index in [-0.39, 0.29) is 0 Å². The van der Waals surface area contributed by atoms with Crippen LogP contribution in [0.3, 0.4) is 0 Å². The molecule has 0 saturated carbocycles. The van der Waals surface area contributed by atoms with E-state index in [1.54, 1.807) is 6.26 Å². The van der Waals surface area contributed by atoms with E-state index in [0.717, 1.165) is 23.8 Å². The summed E-state index contributed by atoms with van der Waals surface area (Å²) >= 11 is 0. The van der Waals surface area contributed by atoms with Gasteiger partial charge in [0.05, 0.1) is 6.26 Å². The maximum atomic E-state index is 5.42. The van der Waals surface area contributed by atoms with Crippen molar-refractivity contribution in [3.63, 3.8) is 0 Å². The molecule has 1 fully saturated rings. The molecule has 3 nitrogen and oxygen atoms in total. The van der Waals surface area contributed by atoms with Crippen molar-refractivity contribution < 1.29 is 4.42 Å². The molecule has 0 spiro atoms. The van der Waals surface area contributed by atoms with Gasteiger partial charge in [0, 0.05) is 18.7 Å². The van der Waals surface area contributed by atoms with Gasteiger partial charge in [0.1, 0.15) is 5.76 Å². The monoisotopic (exact) mass is 284 g/mol. The maximum absolute atomic E-state index is 5.42. The fraction of sp³-hybridized carbons (Fsp3) is 0.444. The Bertz CT molecular complexity index is 527. The number of hydrogen-bond donors (Lipinski definition) is 1. The molecule has 2 heterocycles. The van der Waals surface area contributed by atoms with Crippen LogP contribution in [0.2, 0.25) is 0 Å². The SMILES string of the molecule is CN(Cc1ccc(-c2ccco2)cc1)CC1CCCNC1. The molecule has 1 aliphatic heterocycles. The largest absolute Gasteiger partial charge is 0.464 e. The van der Waals surface area contributed by atoms with Crippen LogP contribution in [0.4, 0.5) is 0 Å². The van der Waals surface area contributed by atoms with Crippen molar-refractivity contribution in [2.45, 2.75) is 19.4 Å². The standard InChI is InChI=1S/C18H24N2O/c1-20(14-16-4-2-10-19-12-16)13-15-6-8-17(9-7-15)18-5-3-11-21-18/h3,5-9,11,16,19H,2,4,10,12-14H2,1H3. The summed E-state index contributed by atoms with van der Waals surface area (Å²) in [5.41, 5.74) is 2.50. The zero-order valence-electron chi connectivity index (χ0n) is 12.7. The first-order valence-electron chi connectivity index (χ1n) is 7.83. The minimum absolute atomic E-state index is 0.797. The van der Waals surface area contributed by atoms with Crippen LogP contribution in [0.5, 0.6) is 0 Å². The normalized spacial score (nSPS) is 19.0. The van der Waals surface area contributed by atoms with Gasteiger partial charge in [-0.15, -0.1) is 0 Å². The van der Waals surface area contributed by atoms with E-state index < -0.39 is 0 Å². The Labute approximate surface area is 127 Å². The Hall–Kier alpha value is -1.58. The Balaban J connectivity index is 1.54. The van der Waals surface area contributed by atoms with E-state index in [9.17, 15) is 0 Å². The lowest BCUT2D eigenvalue weighted by Crippen LogP contribution is -2.36. The summed E-state index contributed by atoms with van der Waals surface area (Å²) in [6.07, 6.45) is 4.39. The van der Waals surface area contributed by atoms with E-state index in [1.165, 1.54) is 38.0 Å². The predicted molar refractivity (Wildman–Crippen MR) is 86.1 cm³/mol. The quantitative estimate of drug-likeness (QED) is 0.912. The van der Waals surface area contributed by atoms with Crippen molar-refractivity contribution in [3.8, 4) is 11.3 Å². The van der Waals surface area contributed by atoms with Gasteiger partial charge in [-0.1, -0.05) is 24.3 Å². The number of nitrogens with one attached hydrogen (secondary N) is 1. The molecule has 1 aromatic carbocycles. The van der Waals surface area contributed by atoms with Crippen LogP contribution in [-0.2, 0) is 6.54 Å². The highest BCUT2D eigenvalue weighted by atomic mass is 16.3. The second-order valence-electron chi connectivity index (χ2n) is 6.08. The molecule has 1 unspecified atom stereocenters. The Morgan fingerprint density at radius 3 is 2.76 bits per heavy atom. The fourth-order valence-corrected chi connectivity index (χ4v) is 3.11. The topological polar surface area (TPSA) is 28.4 Å². The summed E-state index contributed by atoms with van der Waals surface area (Å²) in [5.74, 6) is 1.73. The molecule has 0 amide bonds. The predicted octanol–water partition coefficient (Wildman–Crippen LogP) is 3.38. The average Bonchev–Trinajstić information content (AvgIpc) is 3.03. The van der Waals surface area contributed by atoms with Crippen molar-refractivity contribution in [2.75, 3.05) is 26.7 Å². The first-order valence-corrected chi connectivity index (χ1v) is 7.83. The Morgan fingerprint density at radius 2 is 2.10 bits per heavy atom. The molecule has 1 aliphatic rings. The maximum Gasteiger partial charge on any atom is 0.133 e. The van der Waals surface area contributed by atoms with Crippen LogP contribution in [0.15, 0.2) is 47.1 Å². The summed E-state index contributed by atoms with van der Waals surface area (Å²) in [7, 11) is 2.22. The van der Waals surface area contributed by atoms with Gasteiger partial charge in [0.15, 0.2) is 0 Å². The first kappa shape index (κ1) is 14.4. The molecule has 1 N–H and O–H groups in total. The molecule has 3 heteroatoms. The number of piperidine rings is 1. The highest BCUT2D eigenvalue weighted by Gasteiger charge is 2.15. The number of benzene rings is 1. The Kier molecular flexibility index (Phi) is 4.73. The summed E-state index contributed by atoms with van der Waals surface area (Å²) in [6, 6.07) is 12.6. The Morgan fingerprint density at radius 1 is 1.24 bits per heavy atom. The minimum atomic E-state index is 0.797. The van der Waals surface area contributed by atoms with Crippen molar-refractivity contribution >= 4 is 0 Å². The first-order chi connectivity index (χ1) is 10.3. The molecule has 1 atom stereocenters. The van der Waals surface area contributed by atoms with Crippen LogP contribution in [-0.4, -0.2) is 31.6 Å². The molecule has 112 valence electrons. The third-order valence-electron chi connectivity index (χ3n) is 4.18. The zero-order chi connectivity index (χ0) is 14.5. The molecule has 2 aromatic rings. The highest BCUT2D eigenvalue weighted by Crippen LogP contribution is 2.20. The highest BCUT2D eigenvalue weighted by molar-refractivity contribution is 5.57. The summed E-state index contributed by atoms with van der Waals surface area (Å²) in [6.45, 7) is 4.54. The molecule has 1 saturated heterocycles. The fourth-order valence-electron chi connectivity index (χ4n) is 3.11. The van der Waals surface area contributed by atoms with E-state index in [4.69, 9.17) is 4.42 Å². The van der Waals surface area contributed by atoms with Crippen LogP contribution >= 0.6 is 0 Å². The van der Waals surface area contributed by atoms with Gasteiger partial charge in [-0.3, -0.25) is 0 Å². The lowest BCUT2D eigenvalue weighted by Gasteiger charge is -2.27. The van der Waals surface area contributed by atoms with Crippen molar-refractivity contribution in [1.82, 2.24) is 10.2 Å². The third kappa shape index (κ3) is 3.96. The second-order valence-corrected chi connectivity index (χ2v) is 6.08. The van der Waals surface area contributed by atoms with Crippen LogP contribution in [0.25, 0.3) is 11.3 Å². The number of rotatable bonds is 5. The summed E-state index contributed by atoms with van der Waals surface area (Å²) in [5, 5.41) is 3.49. The van der Waals surface area contributed by atoms with Crippen molar-refractivity contribution in [1.29, 1.82) is 0 Å². The van der Waals surface area contributed by atoms with Crippen LogP contribution in [0, 0.1) is 5.92 Å². The van der Waals surface area contributed by atoms with E-state index in [1.807, 2.05) is 12.1 Å². The molecule has 0 radical (unpaired) electrons. The molecule has 0 bridgehead atoms. The molecular formula is C18H24N2O. The molecule has 3 rings (SSSR count). The van der Waals surface area contributed by atoms with E-state index >= 15 is 0 Å². The number of nitrogens with zero attached hydrogens (tertiary/aromatic N) is 1.